The molecule has 0 bridgehead atoms. The minimum absolute atomic E-state index is 0.237. The lowest BCUT2D eigenvalue weighted by Gasteiger charge is -2.26. The van der Waals surface area contributed by atoms with Gasteiger partial charge in [0.1, 0.15) is 6.61 Å². The van der Waals surface area contributed by atoms with Gasteiger partial charge in [0.2, 0.25) is 0 Å². The smallest absolute Gasteiger partial charge is 0.335 e. The molecule has 0 aliphatic heterocycles. The number of hydrogen-bond donors (Lipinski definition) is 1. The van der Waals surface area contributed by atoms with Crippen LogP contribution in [0.15, 0.2) is 30.3 Å². The predicted octanol–water partition coefficient (Wildman–Crippen LogP) is 2.28. The molecule has 3 nitrogen and oxygen atoms in total. The second kappa shape index (κ2) is 5.82. The van der Waals surface area contributed by atoms with Crippen LogP contribution in [-0.4, -0.2) is 17.2 Å². The fraction of sp³-hybridized carbons (Fsp3) is 0.500. The van der Waals surface area contributed by atoms with Crippen molar-refractivity contribution in [1.29, 1.82) is 0 Å². The van der Waals surface area contributed by atoms with Crippen LogP contribution in [0.3, 0.4) is 0 Å². The zero-order valence-electron chi connectivity index (χ0n) is 9.84. The molecule has 1 aliphatic carbocycles. The molecule has 2 rings (SSSR count). The molecule has 0 radical (unpaired) electrons. The third kappa shape index (κ3) is 3.56. The van der Waals surface area contributed by atoms with Crippen molar-refractivity contribution in [1.82, 2.24) is 0 Å². The molecule has 17 heavy (non-hydrogen) atoms. The highest BCUT2D eigenvalue weighted by Gasteiger charge is 2.25. The molecule has 92 valence electrons. The Morgan fingerprint density at radius 2 is 2.06 bits per heavy atom. The molecule has 0 aromatic heterocycles. The molecule has 1 aliphatic rings. The van der Waals surface area contributed by atoms with Gasteiger partial charge in [-0.25, -0.2) is 4.79 Å². The zero-order chi connectivity index (χ0) is 12.1. The predicted molar refractivity (Wildman–Crippen MR) is 64.2 cm³/mol. The van der Waals surface area contributed by atoms with Gasteiger partial charge in [-0.05, 0) is 17.9 Å². The largest absolute Gasteiger partial charge is 0.459 e. The van der Waals surface area contributed by atoms with Gasteiger partial charge in [-0.2, -0.15) is 0 Å². The molecule has 0 saturated heterocycles. The monoisotopic (exact) mass is 234 g/mol. The lowest BCUT2D eigenvalue weighted by atomic mass is 9.81. The third-order valence-corrected chi connectivity index (χ3v) is 3.28. The van der Waals surface area contributed by atoms with Crippen LogP contribution in [0.2, 0.25) is 0 Å². The van der Waals surface area contributed by atoms with Crippen LogP contribution in [-0.2, 0) is 16.1 Å². The van der Waals surface area contributed by atoms with Crippen LogP contribution in [0.25, 0.3) is 0 Å². The minimum Gasteiger partial charge on any atom is -0.459 e. The first-order valence-corrected chi connectivity index (χ1v) is 6.14. The summed E-state index contributed by atoms with van der Waals surface area (Å²) in [6.45, 7) is 0.237. The summed E-state index contributed by atoms with van der Waals surface area (Å²) in [6, 6.07) is 9.50. The Balaban J connectivity index is 1.72. The Morgan fingerprint density at radius 3 is 2.65 bits per heavy atom. The van der Waals surface area contributed by atoms with Crippen molar-refractivity contribution in [2.45, 2.75) is 38.4 Å². The summed E-state index contributed by atoms with van der Waals surface area (Å²) in [4.78, 5) is 11.5. The Hall–Kier alpha value is -1.35. The highest BCUT2D eigenvalue weighted by Crippen LogP contribution is 2.30. The van der Waals surface area contributed by atoms with E-state index in [2.05, 4.69) is 0 Å². The summed E-state index contributed by atoms with van der Waals surface area (Å²) in [7, 11) is 0. The average Bonchev–Trinajstić information content (AvgIpc) is 2.32. The third-order valence-electron chi connectivity index (χ3n) is 3.28. The number of esters is 1. The Bertz CT molecular complexity index is 357. The van der Waals surface area contributed by atoms with Crippen LogP contribution in [0, 0.1) is 5.92 Å². The van der Waals surface area contributed by atoms with E-state index in [9.17, 15) is 9.90 Å². The summed E-state index contributed by atoms with van der Waals surface area (Å²) in [5, 5.41) is 9.66. The number of carbonyl (C=O) groups is 1. The number of aliphatic hydroxyl groups excluding tert-OH is 1. The lowest BCUT2D eigenvalue weighted by molar-refractivity contribution is -0.156. The van der Waals surface area contributed by atoms with Gasteiger partial charge in [0.25, 0.3) is 0 Å². The number of hydrogen-bond acceptors (Lipinski definition) is 3. The molecule has 1 saturated carbocycles. The molecule has 0 heterocycles. The SMILES string of the molecule is O=C(OCc1ccccc1)[C@@H](O)CC1CCC1. The molecule has 0 unspecified atom stereocenters. The first-order chi connectivity index (χ1) is 8.25. The van der Waals surface area contributed by atoms with Crippen molar-refractivity contribution in [3.63, 3.8) is 0 Å². The lowest BCUT2D eigenvalue weighted by Crippen LogP contribution is -2.28. The van der Waals surface area contributed by atoms with Crippen molar-refractivity contribution in [3.05, 3.63) is 35.9 Å². The summed E-state index contributed by atoms with van der Waals surface area (Å²) in [6.07, 6.45) is 3.07. The van der Waals surface area contributed by atoms with E-state index in [0.29, 0.717) is 12.3 Å². The van der Waals surface area contributed by atoms with Crippen molar-refractivity contribution in [2.24, 2.45) is 5.92 Å². The molecule has 1 N–H and O–H groups in total. The Morgan fingerprint density at radius 1 is 1.35 bits per heavy atom. The van der Waals surface area contributed by atoms with Gasteiger partial charge in [-0.1, -0.05) is 49.6 Å². The van der Waals surface area contributed by atoms with Gasteiger partial charge >= 0.3 is 5.97 Å². The molecule has 1 aromatic carbocycles. The average molecular weight is 234 g/mol. The van der Waals surface area contributed by atoms with Gasteiger partial charge in [0.05, 0.1) is 0 Å². The molecule has 0 amide bonds. The van der Waals surface area contributed by atoms with E-state index in [4.69, 9.17) is 4.74 Å². The number of rotatable bonds is 5. The van der Waals surface area contributed by atoms with Gasteiger partial charge < -0.3 is 9.84 Å². The van der Waals surface area contributed by atoms with Crippen LogP contribution in [0.1, 0.15) is 31.2 Å². The van der Waals surface area contributed by atoms with Crippen LogP contribution in [0.4, 0.5) is 0 Å². The van der Waals surface area contributed by atoms with Gasteiger partial charge in [-0.15, -0.1) is 0 Å². The fourth-order valence-corrected chi connectivity index (χ4v) is 1.97. The second-order valence-corrected chi connectivity index (χ2v) is 4.64. The van der Waals surface area contributed by atoms with Gasteiger partial charge in [0, 0.05) is 0 Å². The summed E-state index contributed by atoms with van der Waals surface area (Å²) in [5.74, 6) is 0.00929. The van der Waals surface area contributed by atoms with E-state index in [1.807, 2.05) is 30.3 Å². The molecule has 1 aromatic rings. The van der Waals surface area contributed by atoms with E-state index in [1.165, 1.54) is 6.42 Å². The zero-order valence-corrected chi connectivity index (χ0v) is 9.84. The van der Waals surface area contributed by atoms with Crippen LogP contribution in [0.5, 0.6) is 0 Å². The van der Waals surface area contributed by atoms with Crippen molar-refractivity contribution >= 4 is 5.97 Å². The highest BCUT2D eigenvalue weighted by atomic mass is 16.5. The molecule has 1 atom stereocenters. The number of aliphatic hydroxyl groups is 1. The minimum atomic E-state index is -0.955. The maximum atomic E-state index is 11.5. The molecular formula is C14H18O3. The van der Waals surface area contributed by atoms with E-state index in [0.717, 1.165) is 18.4 Å². The number of benzene rings is 1. The van der Waals surface area contributed by atoms with Gasteiger partial charge in [0.15, 0.2) is 6.10 Å². The molecule has 0 spiro atoms. The maximum absolute atomic E-state index is 11.5. The topological polar surface area (TPSA) is 46.5 Å². The normalized spacial score (nSPS) is 17.2. The first-order valence-electron chi connectivity index (χ1n) is 6.14. The maximum Gasteiger partial charge on any atom is 0.335 e. The summed E-state index contributed by atoms with van der Waals surface area (Å²) >= 11 is 0. The van der Waals surface area contributed by atoms with Crippen LogP contribution >= 0.6 is 0 Å². The number of carbonyl (C=O) groups excluding carboxylic acids is 1. The summed E-state index contributed by atoms with van der Waals surface area (Å²) in [5.41, 5.74) is 0.941. The van der Waals surface area contributed by atoms with Crippen molar-refractivity contribution < 1.29 is 14.6 Å². The van der Waals surface area contributed by atoms with E-state index in [1.54, 1.807) is 0 Å². The van der Waals surface area contributed by atoms with E-state index < -0.39 is 12.1 Å². The first kappa shape index (κ1) is 12.1. The fourth-order valence-electron chi connectivity index (χ4n) is 1.97. The molecule has 1 fully saturated rings. The second-order valence-electron chi connectivity index (χ2n) is 4.64. The Labute approximate surface area is 101 Å². The van der Waals surface area contributed by atoms with Crippen molar-refractivity contribution in [3.8, 4) is 0 Å². The molecule has 3 heteroatoms. The molecular weight excluding hydrogens is 216 g/mol. The number of ether oxygens (including phenoxy) is 1. The quantitative estimate of drug-likeness (QED) is 0.795. The van der Waals surface area contributed by atoms with Crippen LogP contribution < -0.4 is 0 Å². The van der Waals surface area contributed by atoms with Crippen molar-refractivity contribution in [2.75, 3.05) is 0 Å². The van der Waals surface area contributed by atoms with E-state index in [-0.39, 0.29) is 6.61 Å². The highest BCUT2D eigenvalue weighted by molar-refractivity contribution is 5.74. The van der Waals surface area contributed by atoms with E-state index >= 15 is 0 Å². The van der Waals surface area contributed by atoms with Gasteiger partial charge in [-0.3, -0.25) is 0 Å². The Kier molecular flexibility index (Phi) is 4.15. The standard InChI is InChI=1S/C14H18O3/c15-13(9-11-7-4-8-11)14(16)17-10-12-5-2-1-3-6-12/h1-3,5-6,11,13,15H,4,7-10H2/t13-/m0/s1. The summed E-state index contributed by atoms with van der Waals surface area (Å²) < 4.78 is 5.07.